The molecule has 4 nitrogen and oxygen atoms in total. The second-order valence-corrected chi connectivity index (χ2v) is 9.15. The molecular weight excluding hydrogens is 447 g/mol. The maximum atomic E-state index is 14.9. The first-order chi connectivity index (χ1) is 14.8. The van der Waals surface area contributed by atoms with E-state index >= 15 is 0 Å². The van der Waals surface area contributed by atoms with E-state index in [0.717, 1.165) is 24.0 Å². The standard InChI is InChI=1S/C23H23Cl2F2NO3/c1-30-22(29)18-8-17(15-3-4-15)16(7-21(18)26)10-31-13-23(27)11-28(12-23)9-14-2-5-19(24)20(25)6-14/h2,5-8,15H,3-4,9-13H2,1H3. The van der Waals surface area contributed by atoms with Crippen LogP contribution in [0.25, 0.3) is 0 Å². The number of nitrogens with zero attached hydrogens (tertiary/aromatic N) is 1. The number of rotatable bonds is 8. The topological polar surface area (TPSA) is 38.8 Å². The number of ether oxygens (including phenoxy) is 2. The number of alkyl halides is 1. The van der Waals surface area contributed by atoms with Gasteiger partial charge in [-0.15, -0.1) is 0 Å². The van der Waals surface area contributed by atoms with Gasteiger partial charge in [0.05, 0.1) is 35.9 Å². The monoisotopic (exact) mass is 469 g/mol. The first-order valence-corrected chi connectivity index (χ1v) is 10.9. The minimum absolute atomic E-state index is 0.0741. The molecule has 0 spiro atoms. The van der Waals surface area contributed by atoms with Crippen LogP contribution < -0.4 is 0 Å². The maximum absolute atomic E-state index is 14.9. The molecule has 0 unspecified atom stereocenters. The van der Waals surface area contributed by atoms with E-state index < -0.39 is 17.5 Å². The van der Waals surface area contributed by atoms with Crippen LogP contribution in [-0.4, -0.2) is 43.3 Å². The first-order valence-electron chi connectivity index (χ1n) is 10.1. The van der Waals surface area contributed by atoms with Gasteiger partial charge in [0.2, 0.25) is 0 Å². The fourth-order valence-electron chi connectivity index (χ4n) is 4.00. The Balaban J connectivity index is 1.32. The molecule has 0 bridgehead atoms. The Morgan fingerprint density at radius 1 is 1.19 bits per heavy atom. The van der Waals surface area contributed by atoms with E-state index in [1.165, 1.54) is 13.2 Å². The lowest BCUT2D eigenvalue weighted by atomic mass is 9.96. The van der Waals surface area contributed by atoms with Crippen molar-refractivity contribution in [1.29, 1.82) is 0 Å². The Bertz CT molecular complexity index is 991. The molecule has 2 aromatic carbocycles. The van der Waals surface area contributed by atoms with Crippen molar-refractivity contribution < 1.29 is 23.0 Å². The summed E-state index contributed by atoms with van der Waals surface area (Å²) in [5.41, 5.74) is 0.980. The predicted molar refractivity (Wildman–Crippen MR) is 115 cm³/mol. The van der Waals surface area contributed by atoms with Crippen molar-refractivity contribution in [2.45, 2.75) is 37.6 Å². The normalized spacial score (nSPS) is 18.0. The van der Waals surface area contributed by atoms with Crippen LogP contribution in [0.4, 0.5) is 8.78 Å². The minimum Gasteiger partial charge on any atom is -0.465 e. The quantitative estimate of drug-likeness (QED) is 0.476. The number of hydrogen-bond donors (Lipinski definition) is 0. The fourth-order valence-corrected chi connectivity index (χ4v) is 4.32. The van der Waals surface area contributed by atoms with Crippen molar-refractivity contribution in [2.75, 3.05) is 26.8 Å². The zero-order chi connectivity index (χ0) is 22.2. The summed E-state index contributed by atoms with van der Waals surface area (Å²) in [6, 6.07) is 8.24. The van der Waals surface area contributed by atoms with Crippen LogP contribution in [0.1, 0.15) is 45.8 Å². The zero-order valence-corrected chi connectivity index (χ0v) is 18.6. The minimum atomic E-state index is -1.44. The number of methoxy groups -OCH3 is 1. The molecule has 0 N–H and O–H groups in total. The lowest BCUT2D eigenvalue weighted by Gasteiger charge is -2.44. The molecule has 2 aromatic rings. The smallest absolute Gasteiger partial charge is 0.340 e. The number of esters is 1. The highest BCUT2D eigenvalue weighted by Gasteiger charge is 2.43. The molecule has 0 amide bonds. The van der Waals surface area contributed by atoms with Crippen molar-refractivity contribution >= 4 is 29.2 Å². The van der Waals surface area contributed by atoms with Crippen LogP contribution in [0.5, 0.6) is 0 Å². The van der Waals surface area contributed by atoms with Gasteiger partial charge in [0, 0.05) is 19.6 Å². The van der Waals surface area contributed by atoms with Gasteiger partial charge in [-0.05, 0) is 59.7 Å². The summed E-state index contributed by atoms with van der Waals surface area (Å²) in [7, 11) is 1.22. The van der Waals surface area contributed by atoms with Crippen LogP contribution in [0, 0.1) is 5.82 Å². The van der Waals surface area contributed by atoms with Crippen molar-refractivity contribution in [2.24, 2.45) is 0 Å². The van der Waals surface area contributed by atoms with Gasteiger partial charge in [0.1, 0.15) is 5.82 Å². The molecule has 1 aliphatic carbocycles. The number of halogens is 4. The highest BCUT2D eigenvalue weighted by molar-refractivity contribution is 6.42. The molecule has 2 aliphatic rings. The lowest BCUT2D eigenvalue weighted by Crippen LogP contribution is -2.60. The first kappa shape index (κ1) is 22.5. The Hall–Kier alpha value is -1.73. The summed E-state index contributed by atoms with van der Waals surface area (Å²) in [4.78, 5) is 13.7. The van der Waals surface area contributed by atoms with Gasteiger partial charge < -0.3 is 9.47 Å². The van der Waals surface area contributed by atoms with Gasteiger partial charge in [-0.25, -0.2) is 13.6 Å². The summed E-state index contributed by atoms with van der Waals surface area (Å²) in [6.45, 7) is 1.10. The van der Waals surface area contributed by atoms with Crippen molar-refractivity contribution in [3.8, 4) is 0 Å². The van der Waals surface area contributed by atoms with E-state index in [9.17, 15) is 13.6 Å². The third-order valence-corrected chi connectivity index (χ3v) is 6.41. The van der Waals surface area contributed by atoms with Gasteiger partial charge in [-0.3, -0.25) is 4.90 Å². The second-order valence-electron chi connectivity index (χ2n) is 8.33. The predicted octanol–water partition coefficient (Wildman–Crippen LogP) is 5.54. The summed E-state index contributed by atoms with van der Waals surface area (Å²) in [5, 5.41) is 0.968. The van der Waals surface area contributed by atoms with E-state index in [1.54, 1.807) is 18.2 Å². The van der Waals surface area contributed by atoms with E-state index in [0.29, 0.717) is 22.2 Å². The Labute approximate surface area is 190 Å². The van der Waals surface area contributed by atoms with Gasteiger partial charge in [-0.2, -0.15) is 0 Å². The average molecular weight is 470 g/mol. The molecule has 31 heavy (non-hydrogen) atoms. The Kier molecular flexibility index (Phi) is 6.54. The zero-order valence-electron chi connectivity index (χ0n) is 17.1. The van der Waals surface area contributed by atoms with Crippen LogP contribution in [0.3, 0.4) is 0 Å². The van der Waals surface area contributed by atoms with Gasteiger partial charge in [0.25, 0.3) is 0 Å². The van der Waals surface area contributed by atoms with Crippen molar-refractivity contribution in [3.63, 3.8) is 0 Å². The molecule has 1 saturated heterocycles. The summed E-state index contributed by atoms with van der Waals surface area (Å²) in [5.74, 6) is -1.07. The van der Waals surface area contributed by atoms with E-state index in [-0.39, 0.29) is 37.8 Å². The van der Waals surface area contributed by atoms with Crippen molar-refractivity contribution in [1.82, 2.24) is 4.90 Å². The lowest BCUT2D eigenvalue weighted by molar-refractivity contribution is -0.0937. The molecule has 0 atom stereocenters. The average Bonchev–Trinajstić information content (AvgIpc) is 3.54. The van der Waals surface area contributed by atoms with Gasteiger partial charge in [-0.1, -0.05) is 29.3 Å². The van der Waals surface area contributed by atoms with Crippen LogP contribution in [0.2, 0.25) is 10.0 Å². The molecule has 1 heterocycles. The number of likely N-dealkylation sites (tertiary alicyclic amines) is 1. The summed E-state index contributed by atoms with van der Waals surface area (Å²) in [6.07, 6.45) is 1.96. The van der Waals surface area contributed by atoms with Gasteiger partial charge >= 0.3 is 5.97 Å². The molecule has 8 heteroatoms. The van der Waals surface area contributed by atoms with Crippen LogP contribution in [0.15, 0.2) is 30.3 Å². The molecule has 4 rings (SSSR count). The van der Waals surface area contributed by atoms with E-state index in [4.69, 9.17) is 27.9 Å². The summed E-state index contributed by atoms with van der Waals surface area (Å²) >= 11 is 12.0. The Morgan fingerprint density at radius 2 is 1.94 bits per heavy atom. The molecular formula is C23H23Cl2F2NO3. The maximum Gasteiger partial charge on any atom is 0.340 e. The second kappa shape index (κ2) is 9.02. The number of carbonyl (C=O) groups is 1. The third kappa shape index (κ3) is 5.20. The fraction of sp³-hybridized carbons (Fsp3) is 0.435. The Morgan fingerprint density at radius 3 is 2.58 bits per heavy atom. The van der Waals surface area contributed by atoms with Crippen molar-refractivity contribution in [3.05, 3.63) is 68.4 Å². The van der Waals surface area contributed by atoms with Crippen LogP contribution >= 0.6 is 23.2 Å². The van der Waals surface area contributed by atoms with E-state index in [2.05, 4.69) is 4.74 Å². The molecule has 0 radical (unpaired) electrons. The summed E-state index contributed by atoms with van der Waals surface area (Å²) < 4.78 is 39.6. The molecule has 2 fully saturated rings. The van der Waals surface area contributed by atoms with E-state index in [1.807, 2.05) is 11.0 Å². The van der Waals surface area contributed by atoms with Crippen LogP contribution in [-0.2, 0) is 22.6 Å². The third-order valence-electron chi connectivity index (χ3n) is 5.67. The SMILES string of the molecule is COC(=O)c1cc(C2CC2)c(COCC2(F)CN(Cc3ccc(Cl)c(Cl)c3)C2)cc1F. The molecule has 1 aliphatic heterocycles. The van der Waals surface area contributed by atoms with Gasteiger partial charge in [0.15, 0.2) is 5.67 Å². The highest BCUT2D eigenvalue weighted by atomic mass is 35.5. The number of hydrogen-bond acceptors (Lipinski definition) is 4. The largest absolute Gasteiger partial charge is 0.465 e. The number of benzene rings is 2. The molecule has 166 valence electrons. The molecule has 1 saturated carbocycles. The highest BCUT2D eigenvalue weighted by Crippen LogP contribution is 2.43. The molecule has 0 aromatic heterocycles. The number of carbonyl (C=O) groups excluding carboxylic acids is 1.